The van der Waals surface area contributed by atoms with Crippen LogP contribution in [0.4, 0.5) is 5.69 Å². The highest BCUT2D eigenvalue weighted by Crippen LogP contribution is 2.33. The Morgan fingerprint density at radius 3 is 3.25 bits per heavy atom. The summed E-state index contributed by atoms with van der Waals surface area (Å²) < 4.78 is 0. The van der Waals surface area contributed by atoms with Crippen molar-refractivity contribution in [1.82, 2.24) is 4.98 Å². The zero-order chi connectivity index (χ0) is 11.5. The second kappa shape index (κ2) is 4.66. The van der Waals surface area contributed by atoms with E-state index in [1.54, 1.807) is 0 Å². The molecule has 3 nitrogen and oxygen atoms in total. The van der Waals surface area contributed by atoms with Crippen LogP contribution in [0, 0.1) is 6.92 Å². The van der Waals surface area contributed by atoms with Gasteiger partial charge < -0.3 is 10.4 Å². The van der Waals surface area contributed by atoms with E-state index in [1.165, 1.54) is 5.56 Å². The van der Waals surface area contributed by atoms with Crippen LogP contribution >= 0.6 is 0 Å². The molecule has 1 atom stereocenters. The van der Waals surface area contributed by atoms with Gasteiger partial charge in [0.1, 0.15) is 0 Å². The number of aliphatic hydroxyl groups excluding tert-OH is 1. The van der Waals surface area contributed by atoms with Crippen molar-refractivity contribution in [3.8, 4) is 0 Å². The lowest BCUT2D eigenvalue weighted by atomic mass is 9.92. The molecule has 0 radical (unpaired) electrons. The van der Waals surface area contributed by atoms with Crippen molar-refractivity contribution >= 4 is 5.69 Å². The van der Waals surface area contributed by atoms with Crippen molar-refractivity contribution in [3.63, 3.8) is 0 Å². The molecular formula is C13H18N2O. The van der Waals surface area contributed by atoms with Gasteiger partial charge >= 0.3 is 0 Å². The molecule has 0 fully saturated rings. The molecule has 0 aromatic carbocycles. The van der Waals surface area contributed by atoms with Crippen LogP contribution in [0.15, 0.2) is 18.7 Å². The van der Waals surface area contributed by atoms with Gasteiger partial charge in [0.15, 0.2) is 0 Å². The molecule has 0 saturated heterocycles. The maximum absolute atomic E-state index is 9.93. The average molecular weight is 218 g/mol. The third-order valence-corrected chi connectivity index (χ3v) is 2.94. The maximum atomic E-state index is 9.93. The van der Waals surface area contributed by atoms with Gasteiger partial charge in [-0.1, -0.05) is 6.08 Å². The van der Waals surface area contributed by atoms with Gasteiger partial charge in [0, 0.05) is 17.9 Å². The minimum absolute atomic E-state index is 0.395. The molecule has 0 bridgehead atoms. The first-order valence-electron chi connectivity index (χ1n) is 5.75. The van der Waals surface area contributed by atoms with E-state index in [2.05, 4.69) is 16.9 Å². The molecule has 1 aromatic heterocycles. The van der Waals surface area contributed by atoms with E-state index < -0.39 is 6.10 Å². The van der Waals surface area contributed by atoms with E-state index in [0.29, 0.717) is 0 Å². The number of anilines is 1. The van der Waals surface area contributed by atoms with E-state index >= 15 is 0 Å². The fourth-order valence-electron chi connectivity index (χ4n) is 2.21. The third-order valence-electron chi connectivity index (χ3n) is 2.94. The van der Waals surface area contributed by atoms with Gasteiger partial charge in [-0.15, -0.1) is 6.58 Å². The molecule has 1 aliphatic carbocycles. The lowest BCUT2D eigenvalue weighted by Gasteiger charge is -2.23. The summed E-state index contributed by atoms with van der Waals surface area (Å²) in [6, 6.07) is 2.04. The third kappa shape index (κ3) is 2.09. The second-order valence-corrected chi connectivity index (χ2v) is 4.25. The van der Waals surface area contributed by atoms with E-state index in [0.717, 1.165) is 42.9 Å². The summed E-state index contributed by atoms with van der Waals surface area (Å²) in [6.45, 7) is 6.40. The highest BCUT2D eigenvalue weighted by Gasteiger charge is 2.22. The Balaban J connectivity index is 2.40. The number of hydrogen-bond acceptors (Lipinski definition) is 3. The van der Waals surface area contributed by atoms with Crippen molar-refractivity contribution in [2.24, 2.45) is 0 Å². The molecule has 2 N–H and O–H groups in total. The van der Waals surface area contributed by atoms with Gasteiger partial charge in [-0.3, -0.25) is 4.98 Å². The highest BCUT2D eigenvalue weighted by molar-refractivity contribution is 5.55. The SMILES string of the molecule is C=CCNc1cc(C)nc2c1CCCC2O. The molecule has 0 aliphatic heterocycles. The molecule has 0 amide bonds. The standard InChI is InChI=1S/C13H18N2O/c1-3-7-14-11-8-9(2)15-13-10(11)5-4-6-12(13)16/h3,8,12,16H,1,4-7H2,2H3,(H,14,15). The molecule has 16 heavy (non-hydrogen) atoms. The van der Waals surface area contributed by atoms with Crippen LogP contribution in [-0.2, 0) is 6.42 Å². The van der Waals surface area contributed by atoms with Gasteiger partial charge in [0.2, 0.25) is 0 Å². The second-order valence-electron chi connectivity index (χ2n) is 4.25. The van der Waals surface area contributed by atoms with Crippen molar-refractivity contribution in [2.75, 3.05) is 11.9 Å². The quantitative estimate of drug-likeness (QED) is 0.765. The molecule has 1 aliphatic rings. The summed E-state index contributed by atoms with van der Waals surface area (Å²) in [5, 5.41) is 13.2. The van der Waals surface area contributed by atoms with Crippen LogP contribution in [0.25, 0.3) is 0 Å². The number of aliphatic hydroxyl groups is 1. The summed E-state index contributed by atoms with van der Waals surface area (Å²) >= 11 is 0. The van der Waals surface area contributed by atoms with E-state index in [9.17, 15) is 5.11 Å². The van der Waals surface area contributed by atoms with Crippen molar-refractivity contribution in [1.29, 1.82) is 0 Å². The fourth-order valence-corrected chi connectivity index (χ4v) is 2.21. The van der Waals surface area contributed by atoms with Gasteiger partial charge in [0.25, 0.3) is 0 Å². The zero-order valence-corrected chi connectivity index (χ0v) is 9.66. The average Bonchev–Trinajstić information content (AvgIpc) is 2.27. The largest absolute Gasteiger partial charge is 0.387 e. The monoisotopic (exact) mass is 218 g/mol. The summed E-state index contributed by atoms with van der Waals surface area (Å²) in [5.41, 5.74) is 4.08. The minimum Gasteiger partial charge on any atom is -0.387 e. The lowest BCUT2D eigenvalue weighted by Crippen LogP contribution is -2.15. The number of fused-ring (bicyclic) bond motifs is 1. The molecular weight excluding hydrogens is 200 g/mol. The van der Waals surface area contributed by atoms with Crippen molar-refractivity contribution in [3.05, 3.63) is 35.7 Å². The van der Waals surface area contributed by atoms with Crippen LogP contribution < -0.4 is 5.32 Å². The van der Waals surface area contributed by atoms with Gasteiger partial charge in [-0.25, -0.2) is 0 Å². The first-order valence-corrected chi connectivity index (χ1v) is 5.75. The first-order chi connectivity index (χ1) is 7.72. The Morgan fingerprint density at radius 2 is 2.50 bits per heavy atom. The summed E-state index contributed by atoms with van der Waals surface area (Å²) in [7, 11) is 0. The van der Waals surface area contributed by atoms with Crippen LogP contribution in [0.5, 0.6) is 0 Å². The summed E-state index contributed by atoms with van der Waals surface area (Å²) in [4.78, 5) is 4.45. The molecule has 0 saturated carbocycles. The van der Waals surface area contributed by atoms with Crippen molar-refractivity contribution in [2.45, 2.75) is 32.3 Å². The highest BCUT2D eigenvalue weighted by atomic mass is 16.3. The predicted molar refractivity (Wildman–Crippen MR) is 65.6 cm³/mol. The van der Waals surface area contributed by atoms with Gasteiger partial charge in [0.05, 0.1) is 11.8 Å². The van der Waals surface area contributed by atoms with E-state index in [1.807, 2.05) is 19.1 Å². The fraction of sp³-hybridized carbons (Fsp3) is 0.462. The number of pyridine rings is 1. The Bertz CT molecular complexity index is 401. The van der Waals surface area contributed by atoms with Crippen LogP contribution in [-0.4, -0.2) is 16.6 Å². The number of hydrogen-bond donors (Lipinski definition) is 2. The zero-order valence-electron chi connectivity index (χ0n) is 9.66. The predicted octanol–water partition coefficient (Wildman–Crippen LogP) is 2.36. The number of nitrogens with zero attached hydrogens (tertiary/aromatic N) is 1. The number of rotatable bonds is 3. The summed E-state index contributed by atoms with van der Waals surface area (Å²) in [5.74, 6) is 0. The molecule has 2 rings (SSSR count). The smallest absolute Gasteiger partial charge is 0.0963 e. The molecule has 1 unspecified atom stereocenters. The minimum atomic E-state index is -0.395. The molecule has 1 heterocycles. The number of aryl methyl sites for hydroxylation is 1. The normalized spacial score (nSPS) is 19.0. The Kier molecular flexibility index (Phi) is 3.25. The van der Waals surface area contributed by atoms with E-state index in [4.69, 9.17) is 0 Å². The van der Waals surface area contributed by atoms with Crippen LogP contribution in [0.3, 0.4) is 0 Å². The summed E-state index contributed by atoms with van der Waals surface area (Å²) in [6.07, 6.45) is 4.29. The number of nitrogens with one attached hydrogen (secondary N) is 1. The van der Waals surface area contributed by atoms with Crippen LogP contribution in [0.1, 0.15) is 35.9 Å². The maximum Gasteiger partial charge on any atom is 0.0963 e. The van der Waals surface area contributed by atoms with Crippen molar-refractivity contribution < 1.29 is 5.11 Å². The topological polar surface area (TPSA) is 45.2 Å². The molecule has 0 spiro atoms. The van der Waals surface area contributed by atoms with Gasteiger partial charge in [-0.05, 0) is 37.8 Å². The Morgan fingerprint density at radius 1 is 1.69 bits per heavy atom. The molecule has 86 valence electrons. The van der Waals surface area contributed by atoms with Crippen LogP contribution in [0.2, 0.25) is 0 Å². The lowest BCUT2D eigenvalue weighted by molar-refractivity contribution is 0.151. The Hall–Kier alpha value is -1.35. The first kappa shape index (κ1) is 11.1. The molecule has 3 heteroatoms. The van der Waals surface area contributed by atoms with E-state index in [-0.39, 0.29) is 0 Å². The number of aromatic nitrogens is 1. The van der Waals surface area contributed by atoms with Gasteiger partial charge in [-0.2, -0.15) is 0 Å². The Labute approximate surface area is 96.2 Å². The molecule has 1 aromatic rings.